The Morgan fingerprint density at radius 3 is 1.69 bits per heavy atom. The molecule has 2 amide bonds. The first-order chi connectivity index (χ1) is 26.7. The van der Waals surface area contributed by atoms with Crippen LogP contribution in [0, 0.1) is 0 Å². The van der Waals surface area contributed by atoms with Crippen LogP contribution in [0.4, 0.5) is 5.69 Å². The van der Waals surface area contributed by atoms with E-state index in [1.807, 2.05) is 74.9 Å². The van der Waals surface area contributed by atoms with Crippen LogP contribution in [0.5, 0.6) is 0 Å². The minimum absolute atomic E-state index is 0.0127. The van der Waals surface area contributed by atoms with Gasteiger partial charge in [0, 0.05) is 39.9 Å². The molecule has 2 unspecified atom stereocenters. The summed E-state index contributed by atoms with van der Waals surface area (Å²) in [5.41, 5.74) is 7.13. The molecule has 1 N–H and O–H groups in total. The van der Waals surface area contributed by atoms with Gasteiger partial charge in [-0.3, -0.25) is 19.0 Å². The van der Waals surface area contributed by atoms with E-state index in [1.165, 1.54) is 31.2 Å². The van der Waals surface area contributed by atoms with Gasteiger partial charge in [0.05, 0.1) is 23.5 Å². The van der Waals surface area contributed by atoms with E-state index in [1.54, 1.807) is 0 Å². The first kappa shape index (κ1) is 41.1. The van der Waals surface area contributed by atoms with Gasteiger partial charge in [-0.05, 0) is 73.4 Å². The number of hydrogen-bond donors (Lipinski definition) is 1. The topological polar surface area (TPSA) is 119 Å². The fourth-order valence-corrected chi connectivity index (χ4v) is 7.18. The lowest BCUT2D eigenvalue weighted by molar-refractivity contribution is -0.191. The summed E-state index contributed by atoms with van der Waals surface area (Å²) in [5.74, 6) is -0.0295. The monoisotopic (exact) mass is 782 g/mol. The second-order valence-electron chi connectivity index (χ2n) is 13.8. The zero-order valence-electron chi connectivity index (χ0n) is 31.6. The maximum atomic E-state index is 13.4. The number of unbranched alkanes of at least 4 members (excludes halogenated alkanes) is 4. The van der Waals surface area contributed by atoms with Crippen molar-refractivity contribution in [3.63, 3.8) is 0 Å². The average molecular weight is 784 g/mol. The molecule has 0 radical (unpaired) electrons. The zero-order valence-corrected chi connectivity index (χ0v) is 33.2. The summed E-state index contributed by atoms with van der Waals surface area (Å²) in [4.78, 5) is 43.6. The Morgan fingerprint density at radius 1 is 0.691 bits per heavy atom. The van der Waals surface area contributed by atoms with Gasteiger partial charge in [0.1, 0.15) is 11.4 Å². The first-order valence-corrected chi connectivity index (χ1v) is 19.9. The molecule has 0 spiro atoms. The van der Waals surface area contributed by atoms with E-state index < -0.39 is 0 Å². The predicted molar refractivity (Wildman–Crippen MR) is 217 cm³/mol. The highest BCUT2D eigenvalue weighted by atomic mass is 35.5. The molecule has 55 heavy (non-hydrogen) atoms. The molecule has 2 aliphatic rings. The van der Waals surface area contributed by atoms with Gasteiger partial charge in [0.2, 0.25) is 0 Å². The van der Waals surface area contributed by atoms with E-state index in [2.05, 4.69) is 55.5 Å². The first-order valence-electron chi connectivity index (χ1n) is 19.1. The molecule has 0 saturated carbocycles. The highest BCUT2D eigenvalue weighted by Gasteiger charge is 2.34. The van der Waals surface area contributed by atoms with Crippen LogP contribution in [0.1, 0.15) is 111 Å². The van der Waals surface area contributed by atoms with E-state index in [-0.39, 0.29) is 30.0 Å². The number of benzene rings is 3. The number of rotatable bonds is 12. The van der Waals surface area contributed by atoms with Gasteiger partial charge >= 0.3 is 6.15 Å². The van der Waals surface area contributed by atoms with Gasteiger partial charge in [-0.25, -0.2) is 0 Å². The number of fused-ring (bicyclic) bond motifs is 2. The maximum absolute atomic E-state index is 13.4. The summed E-state index contributed by atoms with van der Waals surface area (Å²) in [7, 11) is 0. The largest absolute Gasteiger partial charge is 0.373 e. The number of aryl methyl sites for hydroxylation is 1. The van der Waals surface area contributed by atoms with Gasteiger partial charge in [0.25, 0.3) is 11.8 Å². The van der Waals surface area contributed by atoms with Gasteiger partial charge in [-0.15, -0.1) is 0 Å². The summed E-state index contributed by atoms with van der Waals surface area (Å²) < 4.78 is 3.86. The van der Waals surface area contributed by atoms with Crippen LogP contribution < -0.4 is 10.2 Å². The number of amides is 2. The lowest BCUT2D eigenvalue weighted by atomic mass is 10.0. The van der Waals surface area contributed by atoms with Crippen LogP contribution >= 0.6 is 23.2 Å². The molecule has 0 fully saturated rings. The SMILES string of the molecule is CCCCCC1CN(c2ccc(CC)cc2)C(=O)c2cc(-c3ccc(Cl)cc3)nn21.CCCCCC1CNC(=O)c2cc(-c3ccc(Cl)cc3)nn21.O=C=O. The van der Waals surface area contributed by atoms with Crippen molar-refractivity contribution in [2.45, 2.75) is 90.6 Å². The van der Waals surface area contributed by atoms with Gasteiger partial charge in [-0.2, -0.15) is 19.8 Å². The molecule has 0 bridgehead atoms. The second kappa shape index (κ2) is 20.1. The molecule has 2 atom stereocenters. The number of nitrogens with one attached hydrogen (secondary N) is 1. The van der Waals surface area contributed by atoms with E-state index in [9.17, 15) is 9.59 Å². The van der Waals surface area contributed by atoms with Crippen LogP contribution in [-0.4, -0.2) is 50.6 Å². The van der Waals surface area contributed by atoms with Crippen LogP contribution in [-0.2, 0) is 16.0 Å². The van der Waals surface area contributed by atoms with Crippen molar-refractivity contribution in [3.8, 4) is 22.5 Å². The lowest BCUT2D eigenvalue weighted by Gasteiger charge is -2.33. The molecule has 0 saturated heterocycles. The number of aromatic nitrogens is 4. The van der Waals surface area contributed by atoms with Crippen LogP contribution in [0.3, 0.4) is 0 Å². The number of halogens is 2. The molecular formula is C43H48Cl2N6O4. The number of hydrogen-bond acceptors (Lipinski definition) is 6. The van der Waals surface area contributed by atoms with E-state index in [0.717, 1.165) is 60.3 Å². The fraction of sp³-hybridized carbons (Fsp3) is 0.372. The molecule has 288 valence electrons. The Labute approximate surface area is 332 Å². The third kappa shape index (κ3) is 10.4. The smallest absolute Gasteiger partial charge is 0.349 e. The van der Waals surface area contributed by atoms with Crippen molar-refractivity contribution in [1.82, 2.24) is 24.9 Å². The standard InChI is InChI=1S/C25H28ClN3O.C17H20ClN3O.CO2/c1-3-5-6-7-22-17-28(21-14-8-18(4-2)9-15-21)25(30)24-16-23(27-29(22)24)19-10-12-20(26)13-11-19;1-2-3-4-5-14-11-19-17(22)16-10-15(20-21(14)16)12-6-8-13(18)9-7-12;2-1-3/h8-16,22H,3-7,17H2,1-2H3;6-10,14H,2-5,11H2,1H3,(H,19,22);. The van der Waals surface area contributed by atoms with Crippen molar-refractivity contribution < 1.29 is 19.2 Å². The number of anilines is 1. The molecular weight excluding hydrogens is 735 g/mol. The van der Waals surface area contributed by atoms with Gasteiger partial charge < -0.3 is 10.2 Å². The number of nitrogens with zero attached hydrogens (tertiary/aromatic N) is 5. The van der Waals surface area contributed by atoms with Gasteiger partial charge in [0.15, 0.2) is 0 Å². The highest BCUT2D eigenvalue weighted by molar-refractivity contribution is 6.31. The van der Waals surface area contributed by atoms with Crippen molar-refractivity contribution in [2.24, 2.45) is 0 Å². The third-order valence-corrected chi connectivity index (χ3v) is 10.5. The van der Waals surface area contributed by atoms with Crippen LogP contribution in [0.15, 0.2) is 84.9 Å². The molecule has 7 rings (SSSR count). The molecule has 0 aliphatic carbocycles. The molecule has 5 aromatic rings. The van der Waals surface area contributed by atoms with E-state index >= 15 is 0 Å². The summed E-state index contributed by atoms with van der Waals surface area (Å²) in [6.45, 7) is 7.87. The Kier molecular flexibility index (Phi) is 15.0. The Hall–Kier alpha value is -5.02. The van der Waals surface area contributed by atoms with E-state index in [4.69, 9.17) is 37.9 Å². The van der Waals surface area contributed by atoms with Crippen LogP contribution in [0.25, 0.3) is 22.5 Å². The zero-order chi connectivity index (χ0) is 39.3. The van der Waals surface area contributed by atoms with Crippen molar-refractivity contribution >= 4 is 46.9 Å². The third-order valence-electron chi connectivity index (χ3n) is 9.97. The number of carbonyl (C=O) groups is 2. The van der Waals surface area contributed by atoms with E-state index in [0.29, 0.717) is 34.5 Å². The molecule has 12 heteroatoms. The second-order valence-corrected chi connectivity index (χ2v) is 14.6. The lowest BCUT2D eigenvalue weighted by Crippen LogP contribution is -2.43. The Bertz CT molecular complexity index is 2050. The van der Waals surface area contributed by atoms with Crippen LogP contribution in [0.2, 0.25) is 10.0 Å². The van der Waals surface area contributed by atoms with Gasteiger partial charge in [-0.1, -0.05) is 119 Å². The predicted octanol–water partition coefficient (Wildman–Crippen LogP) is 10.0. The maximum Gasteiger partial charge on any atom is 0.373 e. The Morgan fingerprint density at radius 2 is 1.18 bits per heavy atom. The molecule has 10 nitrogen and oxygen atoms in total. The van der Waals surface area contributed by atoms with Crippen molar-refractivity contribution in [1.29, 1.82) is 0 Å². The van der Waals surface area contributed by atoms with Crippen molar-refractivity contribution in [3.05, 3.63) is 112 Å². The Balaban J connectivity index is 0.000000205. The molecule has 4 heterocycles. The highest BCUT2D eigenvalue weighted by Crippen LogP contribution is 2.33. The minimum Gasteiger partial charge on any atom is -0.349 e. The number of carbonyl (C=O) groups excluding carboxylic acids is 4. The summed E-state index contributed by atoms with van der Waals surface area (Å²) in [5, 5.41) is 13.9. The summed E-state index contributed by atoms with van der Waals surface area (Å²) in [6, 6.07) is 27.7. The molecule has 3 aromatic carbocycles. The summed E-state index contributed by atoms with van der Waals surface area (Å²) in [6.07, 6.45) is 10.4. The van der Waals surface area contributed by atoms with Crippen molar-refractivity contribution in [2.75, 3.05) is 18.0 Å². The molecule has 2 aliphatic heterocycles. The quantitative estimate of drug-likeness (QED) is 0.126. The summed E-state index contributed by atoms with van der Waals surface area (Å²) >= 11 is 12.0. The minimum atomic E-state index is -0.0422. The fourth-order valence-electron chi connectivity index (χ4n) is 6.93. The average Bonchev–Trinajstić information content (AvgIpc) is 3.86. The molecule has 2 aromatic heterocycles. The normalized spacial score (nSPS) is 15.8.